The molecule has 1 heterocycles. The van der Waals surface area contributed by atoms with Gasteiger partial charge in [0.2, 0.25) is 0 Å². The highest BCUT2D eigenvalue weighted by atomic mass is 127. The van der Waals surface area contributed by atoms with Crippen LogP contribution in [0, 0.1) is 3.57 Å². The molecule has 4 heteroatoms. The topological polar surface area (TPSA) is 0 Å². The lowest BCUT2D eigenvalue weighted by atomic mass is 10.2. The first-order valence-electron chi connectivity index (χ1n) is 3.64. The van der Waals surface area contributed by atoms with Gasteiger partial charge in [0.05, 0.1) is 3.79 Å². The fourth-order valence-electron chi connectivity index (χ4n) is 1.21. The van der Waals surface area contributed by atoms with Crippen molar-refractivity contribution < 1.29 is 0 Å². The van der Waals surface area contributed by atoms with E-state index < -0.39 is 0 Å². The maximum atomic E-state index is 3.51. The SMILES string of the molecule is BrCc1cc(I)c2sc(Br)cc2c1. The second-order valence-electron chi connectivity index (χ2n) is 2.68. The predicted octanol–water partition coefficient (Wildman–Crippen LogP) is 5.16. The smallest absolute Gasteiger partial charge is 0.0711 e. The average Bonchev–Trinajstić information content (AvgIpc) is 2.46. The Morgan fingerprint density at radius 3 is 2.77 bits per heavy atom. The van der Waals surface area contributed by atoms with Gasteiger partial charge in [-0.1, -0.05) is 15.9 Å². The Kier molecular flexibility index (Phi) is 3.33. The van der Waals surface area contributed by atoms with Crippen molar-refractivity contribution in [1.29, 1.82) is 0 Å². The van der Waals surface area contributed by atoms with Gasteiger partial charge < -0.3 is 0 Å². The Hall–Kier alpha value is 0.870. The first kappa shape index (κ1) is 10.4. The number of benzene rings is 1. The number of hydrogen-bond donors (Lipinski definition) is 0. The maximum absolute atomic E-state index is 3.51. The molecule has 13 heavy (non-hydrogen) atoms. The molecule has 2 aromatic rings. The highest BCUT2D eigenvalue weighted by molar-refractivity contribution is 14.1. The van der Waals surface area contributed by atoms with Crippen molar-refractivity contribution in [3.63, 3.8) is 0 Å². The second kappa shape index (κ2) is 4.16. The number of halogens is 3. The summed E-state index contributed by atoms with van der Waals surface area (Å²) in [5.74, 6) is 0. The van der Waals surface area contributed by atoms with Crippen LogP contribution in [0.1, 0.15) is 5.56 Å². The molecule has 0 aliphatic carbocycles. The zero-order valence-corrected chi connectivity index (χ0v) is 12.6. The molecule has 0 radical (unpaired) electrons. The van der Waals surface area contributed by atoms with Gasteiger partial charge in [0.25, 0.3) is 0 Å². The van der Waals surface area contributed by atoms with Crippen LogP contribution in [0.25, 0.3) is 10.1 Å². The zero-order valence-electron chi connectivity index (χ0n) is 6.48. The van der Waals surface area contributed by atoms with Crippen molar-refractivity contribution in [3.05, 3.63) is 31.1 Å². The Bertz CT molecular complexity index is 450. The molecular weight excluding hydrogens is 427 g/mol. The van der Waals surface area contributed by atoms with E-state index in [4.69, 9.17) is 0 Å². The second-order valence-corrected chi connectivity index (χ2v) is 6.83. The Balaban J connectivity index is 2.75. The molecule has 0 bridgehead atoms. The largest absolute Gasteiger partial charge is 0.127 e. The number of fused-ring (bicyclic) bond motifs is 1. The van der Waals surface area contributed by atoms with E-state index in [2.05, 4.69) is 72.6 Å². The van der Waals surface area contributed by atoms with Crippen LogP contribution >= 0.6 is 65.8 Å². The Morgan fingerprint density at radius 1 is 1.31 bits per heavy atom. The van der Waals surface area contributed by atoms with Gasteiger partial charge in [-0.05, 0) is 67.7 Å². The number of alkyl halides is 1. The van der Waals surface area contributed by atoms with Crippen molar-refractivity contribution in [2.24, 2.45) is 0 Å². The molecule has 1 aromatic heterocycles. The lowest BCUT2D eigenvalue weighted by Gasteiger charge is -1.98. The quantitative estimate of drug-likeness (QED) is 0.432. The predicted molar refractivity (Wildman–Crippen MR) is 74.9 cm³/mol. The van der Waals surface area contributed by atoms with Crippen molar-refractivity contribution in [2.75, 3.05) is 0 Å². The summed E-state index contributed by atoms with van der Waals surface area (Å²) in [5.41, 5.74) is 1.34. The van der Waals surface area contributed by atoms with Gasteiger partial charge in [-0.2, -0.15) is 0 Å². The van der Waals surface area contributed by atoms with E-state index in [-0.39, 0.29) is 0 Å². The molecule has 0 saturated carbocycles. The first-order valence-corrected chi connectivity index (χ1v) is 7.45. The van der Waals surface area contributed by atoms with Crippen molar-refractivity contribution in [3.8, 4) is 0 Å². The third kappa shape index (κ3) is 2.11. The lowest BCUT2D eigenvalue weighted by molar-refractivity contribution is 1.46. The molecule has 0 aliphatic rings. The summed E-state index contributed by atoms with van der Waals surface area (Å²) < 4.78 is 3.91. The molecule has 0 amide bonds. The standard InChI is InChI=1S/C9H5Br2IS/c10-4-5-1-6-3-8(11)13-9(6)7(12)2-5/h1-3H,4H2. The van der Waals surface area contributed by atoms with Gasteiger partial charge in [0.15, 0.2) is 0 Å². The van der Waals surface area contributed by atoms with Gasteiger partial charge in [-0.25, -0.2) is 0 Å². The van der Waals surface area contributed by atoms with Crippen molar-refractivity contribution >= 4 is 75.9 Å². The van der Waals surface area contributed by atoms with E-state index in [1.807, 2.05) is 0 Å². The molecule has 0 aliphatic heterocycles. The first-order chi connectivity index (χ1) is 6.20. The Labute approximate surface area is 111 Å². The highest BCUT2D eigenvalue weighted by Gasteiger charge is 2.04. The summed E-state index contributed by atoms with van der Waals surface area (Å²) in [7, 11) is 0. The molecule has 2 rings (SSSR count). The third-order valence-electron chi connectivity index (χ3n) is 1.75. The van der Waals surface area contributed by atoms with Crippen LogP contribution in [0.4, 0.5) is 0 Å². The molecule has 0 N–H and O–H groups in total. The van der Waals surface area contributed by atoms with Gasteiger partial charge >= 0.3 is 0 Å². The highest BCUT2D eigenvalue weighted by Crippen LogP contribution is 2.34. The van der Waals surface area contributed by atoms with E-state index in [9.17, 15) is 0 Å². The van der Waals surface area contributed by atoms with E-state index in [0.717, 1.165) is 5.33 Å². The summed E-state index contributed by atoms with van der Waals surface area (Å²) in [5, 5.41) is 2.25. The zero-order chi connectivity index (χ0) is 9.42. The van der Waals surface area contributed by atoms with Gasteiger partial charge in [0.1, 0.15) is 0 Å². The molecule has 1 aromatic carbocycles. The van der Waals surface area contributed by atoms with E-state index >= 15 is 0 Å². The molecular formula is C9H5Br2IS. The van der Waals surface area contributed by atoms with Gasteiger partial charge in [-0.15, -0.1) is 11.3 Å². The summed E-state index contributed by atoms with van der Waals surface area (Å²) in [6.07, 6.45) is 0. The summed E-state index contributed by atoms with van der Waals surface area (Å²) >= 11 is 11.2. The number of thiophene rings is 1. The molecule has 0 nitrogen and oxygen atoms in total. The lowest BCUT2D eigenvalue weighted by Crippen LogP contribution is -1.79. The molecule has 68 valence electrons. The minimum atomic E-state index is 0.923. The monoisotopic (exact) mass is 430 g/mol. The van der Waals surface area contributed by atoms with Crippen molar-refractivity contribution in [1.82, 2.24) is 0 Å². The van der Waals surface area contributed by atoms with Crippen LogP contribution in [0.3, 0.4) is 0 Å². The summed E-state index contributed by atoms with van der Waals surface area (Å²) in [4.78, 5) is 0. The number of rotatable bonds is 1. The van der Waals surface area contributed by atoms with E-state index in [1.54, 1.807) is 11.3 Å². The number of hydrogen-bond acceptors (Lipinski definition) is 1. The molecule has 0 spiro atoms. The van der Waals surface area contributed by atoms with Gasteiger partial charge in [-0.3, -0.25) is 0 Å². The Morgan fingerprint density at radius 2 is 2.08 bits per heavy atom. The van der Waals surface area contributed by atoms with Crippen LogP contribution in [-0.2, 0) is 5.33 Å². The average molecular weight is 432 g/mol. The normalized spacial score (nSPS) is 11.0. The van der Waals surface area contributed by atoms with E-state index in [1.165, 1.54) is 23.0 Å². The van der Waals surface area contributed by atoms with Crippen LogP contribution in [0.15, 0.2) is 22.0 Å². The van der Waals surface area contributed by atoms with Crippen LogP contribution in [-0.4, -0.2) is 0 Å². The summed E-state index contributed by atoms with van der Waals surface area (Å²) in [6, 6.07) is 6.63. The fraction of sp³-hybridized carbons (Fsp3) is 0.111. The minimum Gasteiger partial charge on any atom is -0.127 e. The van der Waals surface area contributed by atoms with Crippen molar-refractivity contribution in [2.45, 2.75) is 5.33 Å². The maximum Gasteiger partial charge on any atom is 0.0711 e. The van der Waals surface area contributed by atoms with Crippen LogP contribution in [0.2, 0.25) is 0 Å². The molecule has 0 fully saturated rings. The van der Waals surface area contributed by atoms with Crippen LogP contribution < -0.4 is 0 Å². The van der Waals surface area contributed by atoms with Crippen LogP contribution in [0.5, 0.6) is 0 Å². The van der Waals surface area contributed by atoms with E-state index in [0.29, 0.717) is 0 Å². The third-order valence-corrected chi connectivity index (χ3v) is 5.31. The van der Waals surface area contributed by atoms with Gasteiger partial charge in [0, 0.05) is 13.6 Å². The fourth-order valence-corrected chi connectivity index (χ4v) is 4.09. The minimum absolute atomic E-state index is 0.923. The molecule has 0 unspecified atom stereocenters. The summed E-state index contributed by atoms with van der Waals surface area (Å²) in [6.45, 7) is 0. The molecule has 0 saturated heterocycles. The molecule has 0 atom stereocenters.